The average Bonchev–Trinajstić information content (AvgIpc) is 2.81. The largest absolute Gasteiger partial charge is 0.192 e. The summed E-state index contributed by atoms with van der Waals surface area (Å²) in [5.74, 6) is 0. The Hall–Kier alpha value is -1.27. The van der Waals surface area contributed by atoms with Crippen LogP contribution in [0.4, 0.5) is 0 Å². The van der Waals surface area contributed by atoms with Gasteiger partial charge >= 0.3 is 0 Å². The molecule has 0 saturated carbocycles. The lowest BCUT2D eigenvalue weighted by Crippen LogP contribution is -1.79. The molecule has 0 radical (unpaired) electrons. The molecule has 17 heavy (non-hydrogen) atoms. The zero-order valence-corrected chi connectivity index (χ0v) is 11.0. The van der Waals surface area contributed by atoms with E-state index >= 15 is 0 Å². The monoisotopic (exact) mass is 279 g/mol. The van der Waals surface area contributed by atoms with Gasteiger partial charge in [0.2, 0.25) is 0 Å². The molecule has 0 fully saturated rings. The number of hydrogen-bond acceptors (Lipinski definition) is 2. The maximum absolute atomic E-state index is 9.12. The van der Waals surface area contributed by atoms with Crippen LogP contribution in [0, 0.1) is 11.3 Å². The van der Waals surface area contributed by atoms with E-state index in [1.54, 1.807) is 24.3 Å². The van der Waals surface area contributed by atoms with Gasteiger partial charge in [0.15, 0.2) is 0 Å². The minimum Gasteiger partial charge on any atom is -0.192 e. The molecule has 0 unspecified atom stereocenters. The highest BCUT2D eigenvalue weighted by molar-refractivity contribution is 7.11. The molecular formula is C13H7Cl2NS. The molecular weight excluding hydrogens is 273 g/mol. The Morgan fingerprint density at radius 2 is 2.12 bits per heavy atom. The number of allylic oxidation sites excluding steroid dienone is 1. The lowest BCUT2D eigenvalue weighted by Gasteiger charge is -2.00. The van der Waals surface area contributed by atoms with E-state index in [1.165, 1.54) is 11.3 Å². The molecule has 0 spiro atoms. The van der Waals surface area contributed by atoms with E-state index in [0.717, 1.165) is 10.4 Å². The van der Waals surface area contributed by atoms with Crippen LogP contribution in [0.3, 0.4) is 0 Å². The summed E-state index contributed by atoms with van der Waals surface area (Å²) in [6.45, 7) is 0. The Balaban J connectivity index is 2.44. The van der Waals surface area contributed by atoms with Crippen LogP contribution in [0.15, 0.2) is 35.7 Å². The Morgan fingerprint density at radius 3 is 2.71 bits per heavy atom. The number of nitriles is 1. The quantitative estimate of drug-likeness (QED) is 0.700. The Bertz CT molecular complexity index is 594. The summed E-state index contributed by atoms with van der Waals surface area (Å²) in [5.41, 5.74) is 1.39. The van der Waals surface area contributed by atoms with E-state index in [2.05, 4.69) is 6.07 Å². The van der Waals surface area contributed by atoms with E-state index in [-0.39, 0.29) is 0 Å². The fourth-order valence-corrected chi connectivity index (χ4v) is 2.52. The summed E-state index contributed by atoms with van der Waals surface area (Å²) in [5, 5.41) is 12.2. The van der Waals surface area contributed by atoms with Crippen LogP contribution in [-0.4, -0.2) is 0 Å². The van der Waals surface area contributed by atoms with Crippen LogP contribution < -0.4 is 0 Å². The van der Waals surface area contributed by atoms with Crippen molar-refractivity contribution < 1.29 is 0 Å². The molecule has 1 aromatic heterocycles. The Morgan fingerprint density at radius 1 is 1.29 bits per heavy atom. The van der Waals surface area contributed by atoms with Crippen molar-refractivity contribution in [2.75, 3.05) is 0 Å². The standard InChI is InChI=1S/C13H7Cl2NS/c14-11-4-3-9(12(15)7-11)6-10(8-16)13-2-1-5-17-13/h1-7H. The number of thiophene rings is 1. The van der Waals surface area contributed by atoms with Crippen LogP contribution in [0.25, 0.3) is 11.6 Å². The molecule has 0 aliphatic heterocycles. The summed E-state index contributed by atoms with van der Waals surface area (Å²) in [4.78, 5) is 0.929. The van der Waals surface area contributed by atoms with Gasteiger partial charge in [0.25, 0.3) is 0 Å². The second-order valence-corrected chi connectivity index (χ2v) is 5.10. The van der Waals surface area contributed by atoms with Gasteiger partial charge in [0.05, 0.1) is 5.57 Å². The van der Waals surface area contributed by atoms with Crippen molar-refractivity contribution >= 4 is 46.2 Å². The molecule has 1 aromatic carbocycles. The normalized spacial score (nSPS) is 11.2. The van der Waals surface area contributed by atoms with Gasteiger partial charge in [-0.25, -0.2) is 0 Å². The van der Waals surface area contributed by atoms with Gasteiger partial charge in [-0.05, 0) is 35.2 Å². The van der Waals surface area contributed by atoms with Gasteiger partial charge in [-0.3, -0.25) is 0 Å². The van der Waals surface area contributed by atoms with E-state index < -0.39 is 0 Å². The first kappa shape index (κ1) is 12.2. The number of rotatable bonds is 2. The van der Waals surface area contributed by atoms with Gasteiger partial charge < -0.3 is 0 Å². The number of benzene rings is 1. The Labute approximate surface area is 114 Å². The van der Waals surface area contributed by atoms with Crippen LogP contribution in [0.1, 0.15) is 10.4 Å². The predicted octanol–water partition coefficient (Wildman–Crippen LogP) is 5.12. The zero-order chi connectivity index (χ0) is 12.3. The van der Waals surface area contributed by atoms with Crippen molar-refractivity contribution in [3.63, 3.8) is 0 Å². The lowest BCUT2D eigenvalue weighted by molar-refractivity contribution is 1.54. The molecule has 0 amide bonds. The maximum Gasteiger partial charge on any atom is 0.101 e. The minimum absolute atomic E-state index is 0.543. The van der Waals surface area contributed by atoms with Crippen molar-refractivity contribution in [3.8, 4) is 6.07 Å². The molecule has 0 aliphatic rings. The van der Waals surface area contributed by atoms with Crippen LogP contribution >= 0.6 is 34.5 Å². The third-order valence-corrected chi connectivity index (χ3v) is 3.63. The third kappa shape index (κ3) is 2.89. The van der Waals surface area contributed by atoms with Crippen molar-refractivity contribution in [1.82, 2.24) is 0 Å². The summed E-state index contributed by atoms with van der Waals surface area (Å²) in [6, 6.07) is 11.2. The first-order valence-corrected chi connectivity index (χ1v) is 6.45. The van der Waals surface area contributed by atoms with Crippen molar-refractivity contribution in [1.29, 1.82) is 5.26 Å². The highest BCUT2D eigenvalue weighted by Gasteiger charge is 2.04. The Kier molecular flexibility index (Phi) is 3.86. The third-order valence-electron chi connectivity index (χ3n) is 2.17. The molecule has 0 N–H and O–H groups in total. The number of hydrogen-bond donors (Lipinski definition) is 0. The highest BCUT2D eigenvalue weighted by atomic mass is 35.5. The molecule has 0 saturated heterocycles. The molecule has 0 atom stereocenters. The second kappa shape index (κ2) is 5.37. The summed E-state index contributed by atoms with van der Waals surface area (Å²) in [6.07, 6.45) is 1.77. The smallest absolute Gasteiger partial charge is 0.101 e. The highest BCUT2D eigenvalue weighted by Crippen LogP contribution is 2.27. The van der Waals surface area contributed by atoms with E-state index in [0.29, 0.717) is 15.6 Å². The lowest BCUT2D eigenvalue weighted by atomic mass is 10.1. The fourth-order valence-electron chi connectivity index (χ4n) is 1.36. The molecule has 4 heteroatoms. The van der Waals surface area contributed by atoms with Gasteiger partial charge in [0.1, 0.15) is 6.07 Å². The van der Waals surface area contributed by atoms with Gasteiger partial charge in [-0.2, -0.15) is 5.26 Å². The first-order chi connectivity index (χ1) is 8.20. The van der Waals surface area contributed by atoms with Crippen LogP contribution in [0.2, 0.25) is 10.0 Å². The predicted molar refractivity (Wildman–Crippen MR) is 74.3 cm³/mol. The summed E-state index contributed by atoms with van der Waals surface area (Å²) < 4.78 is 0. The maximum atomic E-state index is 9.12. The molecule has 0 bridgehead atoms. The van der Waals surface area contributed by atoms with E-state index in [1.807, 2.05) is 17.5 Å². The van der Waals surface area contributed by atoms with Gasteiger partial charge in [0, 0.05) is 14.9 Å². The molecule has 2 aromatic rings. The minimum atomic E-state index is 0.543. The number of nitrogens with zero attached hydrogens (tertiary/aromatic N) is 1. The van der Waals surface area contributed by atoms with Gasteiger partial charge in [-0.1, -0.05) is 35.3 Å². The SMILES string of the molecule is N#CC(=Cc1ccc(Cl)cc1Cl)c1cccs1. The van der Waals surface area contributed by atoms with Crippen LogP contribution in [0.5, 0.6) is 0 Å². The first-order valence-electron chi connectivity index (χ1n) is 4.81. The van der Waals surface area contributed by atoms with Crippen molar-refractivity contribution in [2.24, 2.45) is 0 Å². The van der Waals surface area contributed by atoms with E-state index in [4.69, 9.17) is 28.5 Å². The van der Waals surface area contributed by atoms with Gasteiger partial charge in [-0.15, -0.1) is 11.3 Å². The summed E-state index contributed by atoms with van der Waals surface area (Å²) in [7, 11) is 0. The zero-order valence-electron chi connectivity index (χ0n) is 8.65. The summed E-state index contributed by atoms with van der Waals surface area (Å²) >= 11 is 13.4. The molecule has 1 heterocycles. The van der Waals surface area contributed by atoms with E-state index in [9.17, 15) is 0 Å². The molecule has 0 aliphatic carbocycles. The average molecular weight is 280 g/mol. The van der Waals surface area contributed by atoms with Crippen LogP contribution in [-0.2, 0) is 0 Å². The van der Waals surface area contributed by atoms with Crippen molar-refractivity contribution in [2.45, 2.75) is 0 Å². The molecule has 1 nitrogen and oxygen atoms in total. The van der Waals surface area contributed by atoms with Crippen molar-refractivity contribution in [3.05, 3.63) is 56.2 Å². The second-order valence-electron chi connectivity index (χ2n) is 3.31. The molecule has 84 valence electrons. The number of halogens is 2. The topological polar surface area (TPSA) is 23.8 Å². The fraction of sp³-hybridized carbons (Fsp3) is 0. The molecule has 2 rings (SSSR count).